The van der Waals surface area contributed by atoms with Gasteiger partial charge in [-0.25, -0.2) is 14.4 Å². The van der Waals surface area contributed by atoms with Gasteiger partial charge in [0.25, 0.3) is 5.91 Å². The number of aromatic nitrogens is 2. The first-order valence-corrected chi connectivity index (χ1v) is 9.31. The summed E-state index contributed by atoms with van der Waals surface area (Å²) in [6.45, 7) is 0. The molecule has 3 aromatic rings. The van der Waals surface area contributed by atoms with E-state index in [0.717, 1.165) is 11.1 Å². The van der Waals surface area contributed by atoms with Crippen LogP contribution in [0, 0.1) is 5.82 Å². The van der Waals surface area contributed by atoms with E-state index < -0.39 is 5.60 Å². The van der Waals surface area contributed by atoms with Gasteiger partial charge < -0.3 is 15.0 Å². The first-order valence-electron chi connectivity index (χ1n) is 9.31. The van der Waals surface area contributed by atoms with E-state index in [9.17, 15) is 9.18 Å². The fourth-order valence-corrected chi connectivity index (χ4v) is 2.91. The lowest BCUT2D eigenvalue weighted by Gasteiger charge is -2.18. The van der Waals surface area contributed by atoms with Gasteiger partial charge in [0.15, 0.2) is 5.60 Å². The number of carbonyl (C=O) groups is 1. The maximum atomic E-state index is 13.0. The Kier molecular flexibility index (Phi) is 4.88. The van der Waals surface area contributed by atoms with Crippen molar-refractivity contribution in [3.63, 3.8) is 0 Å². The molecule has 0 atom stereocenters. The number of halogens is 1. The molecule has 7 heteroatoms. The lowest BCUT2D eigenvalue weighted by Crippen LogP contribution is -2.35. The molecule has 1 aliphatic carbocycles. The summed E-state index contributed by atoms with van der Waals surface area (Å²) in [7, 11) is 3.78. The number of rotatable bonds is 6. The molecular weight excluding hydrogens is 371 g/mol. The molecule has 0 saturated heterocycles. The van der Waals surface area contributed by atoms with Gasteiger partial charge in [-0.2, -0.15) is 0 Å². The zero-order valence-corrected chi connectivity index (χ0v) is 16.2. The largest absolute Gasteiger partial charge is 0.477 e. The van der Waals surface area contributed by atoms with Crippen LogP contribution in [0.2, 0.25) is 0 Å². The second-order valence-corrected chi connectivity index (χ2v) is 7.25. The van der Waals surface area contributed by atoms with E-state index in [1.165, 1.54) is 24.3 Å². The van der Waals surface area contributed by atoms with Crippen LogP contribution in [-0.2, 0) is 4.79 Å². The molecule has 1 fully saturated rings. The van der Waals surface area contributed by atoms with Crippen LogP contribution in [0.5, 0.6) is 5.75 Å². The second-order valence-electron chi connectivity index (χ2n) is 7.25. The third-order valence-electron chi connectivity index (χ3n) is 4.76. The van der Waals surface area contributed by atoms with E-state index in [0.29, 0.717) is 30.2 Å². The van der Waals surface area contributed by atoms with Gasteiger partial charge in [-0.1, -0.05) is 12.1 Å². The molecule has 2 aromatic carbocycles. The minimum Gasteiger partial charge on any atom is -0.477 e. The number of amides is 1. The van der Waals surface area contributed by atoms with Gasteiger partial charge in [0.2, 0.25) is 5.95 Å². The Labute approximate surface area is 168 Å². The molecule has 1 saturated carbocycles. The van der Waals surface area contributed by atoms with Crippen LogP contribution >= 0.6 is 0 Å². The molecule has 1 aromatic heterocycles. The van der Waals surface area contributed by atoms with Crippen LogP contribution in [0.4, 0.5) is 16.0 Å². The molecule has 1 heterocycles. The monoisotopic (exact) mass is 392 g/mol. The van der Waals surface area contributed by atoms with Crippen LogP contribution < -0.4 is 15.0 Å². The summed E-state index contributed by atoms with van der Waals surface area (Å²) in [6.07, 6.45) is 4.80. The fourth-order valence-electron chi connectivity index (χ4n) is 2.91. The average molecular weight is 392 g/mol. The average Bonchev–Trinajstić information content (AvgIpc) is 3.51. The summed E-state index contributed by atoms with van der Waals surface area (Å²) in [5.41, 5.74) is 1.65. The number of ether oxygens (including phenoxy) is 1. The summed E-state index contributed by atoms with van der Waals surface area (Å²) >= 11 is 0. The zero-order valence-electron chi connectivity index (χ0n) is 16.2. The Bertz CT molecular complexity index is 998. The zero-order chi connectivity index (χ0) is 20.4. The molecular formula is C22H21FN4O2. The maximum absolute atomic E-state index is 13.0. The van der Waals surface area contributed by atoms with E-state index >= 15 is 0 Å². The summed E-state index contributed by atoms with van der Waals surface area (Å²) < 4.78 is 18.9. The lowest BCUT2D eigenvalue weighted by atomic mass is 10.1. The molecule has 29 heavy (non-hydrogen) atoms. The van der Waals surface area contributed by atoms with Crippen LogP contribution in [0.3, 0.4) is 0 Å². The van der Waals surface area contributed by atoms with Crippen molar-refractivity contribution < 1.29 is 13.9 Å². The number of anilines is 2. The molecule has 6 nitrogen and oxygen atoms in total. The number of hydrogen-bond donors (Lipinski definition) is 1. The van der Waals surface area contributed by atoms with Crippen LogP contribution in [0.25, 0.3) is 11.1 Å². The van der Waals surface area contributed by atoms with Crippen molar-refractivity contribution >= 4 is 17.5 Å². The van der Waals surface area contributed by atoms with E-state index in [1.807, 2.05) is 43.3 Å². The van der Waals surface area contributed by atoms with Crippen molar-refractivity contribution in [1.29, 1.82) is 0 Å². The highest BCUT2D eigenvalue weighted by Gasteiger charge is 2.53. The molecule has 1 aliphatic rings. The third-order valence-corrected chi connectivity index (χ3v) is 4.76. The minimum absolute atomic E-state index is 0.201. The topological polar surface area (TPSA) is 67.4 Å². The Hall–Kier alpha value is -3.48. The van der Waals surface area contributed by atoms with Crippen molar-refractivity contribution in [3.8, 4) is 16.9 Å². The molecule has 0 unspecified atom stereocenters. The van der Waals surface area contributed by atoms with Crippen LogP contribution in [-0.4, -0.2) is 35.6 Å². The summed E-state index contributed by atoms with van der Waals surface area (Å²) in [5.74, 6) is 0.589. The Morgan fingerprint density at radius 1 is 1.00 bits per heavy atom. The molecule has 0 radical (unpaired) electrons. The quantitative estimate of drug-likeness (QED) is 0.689. The molecule has 0 aliphatic heterocycles. The highest BCUT2D eigenvalue weighted by atomic mass is 19.1. The second kappa shape index (κ2) is 7.50. The molecule has 4 rings (SSSR count). The standard InChI is InChI=1S/C22H21FN4O2/c1-27(2)21-24-13-16(14-25-21)15-3-7-18(8-4-15)26-20(28)22(11-12-22)29-19-9-5-17(23)6-10-19/h3-10,13-14H,11-12H2,1-2H3,(H,26,28). The van der Waals surface area contributed by atoms with Crippen molar-refractivity contribution in [2.45, 2.75) is 18.4 Å². The van der Waals surface area contributed by atoms with Gasteiger partial charge in [0, 0.05) is 50.6 Å². The third kappa shape index (κ3) is 4.18. The molecule has 0 bridgehead atoms. The van der Waals surface area contributed by atoms with Gasteiger partial charge in [0.05, 0.1) is 0 Å². The Morgan fingerprint density at radius 2 is 1.62 bits per heavy atom. The highest BCUT2D eigenvalue weighted by molar-refractivity contribution is 5.99. The molecule has 1 amide bonds. The first-order chi connectivity index (χ1) is 13.9. The molecule has 1 N–H and O–H groups in total. The SMILES string of the molecule is CN(C)c1ncc(-c2ccc(NC(=O)C3(Oc4ccc(F)cc4)CC3)cc2)cn1. The van der Waals surface area contributed by atoms with Gasteiger partial charge in [0.1, 0.15) is 11.6 Å². The predicted octanol–water partition coefficient (Wildman–Crippen LogP) is 3.90. The van der Waals surface area contributed by atoms with Gasteiger partial charge in [-0.15, -0.1) is 0 Å². The highest BCUT2D eigenvalue weighted by Crippen LogP contribution is 2.41. The first kappa shape index (κ1) is 18.9. The number of nitrogens with one attached hydrogen (secondary N) is 1. The van der Waals surface area contributed by atoms with Crippen LogP contribution in [0.15, 0.2) is 60.9 Å². The van der Waals surface area contributed by atoms with Crippen molar-refractivity contribution in [3.05, 3.63) is 66.7 Å². The summed E-state index contributed by atoms with van der Waals surface area (Å²) in [6, 6.07) is 13.2. The number of nitrogens with zero attached hydrogens (tertiary/aromatic N) is 3. The van der Waals surface area contributed by atoms with Crippen molar-refractivity contribution in [2.75, 3.05) is 24.3 Å². The fraction of sp³-hybridized carbons (Fsp3) is 0.227. The Balaban J connectivity index is 1.41. The Morgan fingerprint density at radius 3 is 2.17 bits per heavy atom. The van der Waals surface area contributed by atoms with Crippen molar-refractivity contribution in [1.82, 2.24) is 9.97 Å². The number of benzene rings is 2. The van der Waals surface area contributed by atoms with E-state index in [1.54, 1.807) is 12.4 Å². The number of carbonyl (C=O) groups excluding carboxylic acids is 1. The van der Waals surface area contributed by atoms with Gasteiger partial charge >= 0.3 is 0 Å². The van der Waals surface area contributed by atoms with E-state index in [4.69, 9.17) is 4.74 Å². The summed E-state index contributed by atoms with van der Waals surface area (Å²) in [5, 5.41) is 2.90. The molecule has 148 valence electrons. The smallest absolute Gasteiger partial charge is 0.268 e. The van der Waals surface area contributed by atoms with Gasteiger partial charge in [-0.05, 0) is 42.0 Å². The number of hydrogen-bond acceptors (Lipinski definition) is 5. The van der Waals surface area contributed by atoms with Gasteiger partial charge in [-0.3, -0.25) is 4.79 Å². The predicted molar refractivity (Wildman–Crippen MR) is 109 cm³/mol. The van der Waals surface area contributed by atoms with E-state index in [-0.39, 0.29) is 11.7 Å². The normalized spacial score (nSPS) is 14.2. The van der Waals surface area contributed by atoms with Crippen LogP contribution in [0.1, 0.15) is 12.8 Å². The minimum atomic E-state index is -0.883. The summed E-state index contributed by atoms with van der Waals surface area (Å²) in [4.78, 5) is 23.2. The van der Waals surface area contributed by atoms with Crippen molar-refractivity contribution in [2.24, 2.45) is 0 Å². The van der Waals surface area contributed by atoms with E-state index in [2.05, 4.69) is 15.3 Å². The maximum Gasteiger partial charge on any atom is 0.268 e. The molecule has 0 spiro atoms. The lowest BCUT2D eigenvalue weighted by molar-refractivity contribution is -0.124.